The average molecular weight is 199 g/mol. The molecule has 2 heteroatoms. The smallest absolute Gasteiger partial charge is 0.339 e. The summed E-state index contributed by atoms with van der Waals surface area (Å²) in [5.41, 5.74) is 0.603. The van der Waals surface area contributed by atoms with Crippen LogP contribution in [0.25, 0.3) is 10.8 Å². The van der Waals surface area contributed by atoms with Gasteiger partial charge in [-0.25, -0.2) is 4.79 Å². The van der Waals surface area contributed by atoms with Gasteiger partial charge in [0.25, 0.3) is 0 Å². The molecule has 0 amide bonds. The third-order valence-electron chi connectivity index (χ3n) is 2.23. The van der Waals surface area contributed by atoms with Crippen molar-refractivity contribution in [2.24, 2.45) is 0 Å². The fourth-order valence-corrected chi connectivity index (χ4v) is 1.57. The summed E-state index contributed by atoms with van der Waals surface area (Å²) in [5, 5.41) is 1.97. The van der Waals surface area contributed by atoms with E-state index < -0.39 is 0 Å². The molecule has 2 rings (SSSR count). The molecule has 0 spiro atoms. The van der Waals surface area contributed by atoms with Gasteiger partial charge < -0.3 is 4.74 Å². The number of hydrogen-bond donors (Lipinski definition) is 0. The molecule has 0 aliphatic heterocycles. The lowest BCUT2D eigenvalue weighted by atomic mass is 10.1. The van der Waals surface area contributed by atoms with Crippen molar-refractivity contribution >= 4 is 16.7 Å². The standard InChI is InChI=1S/C13H11O2/c1-2-15-13(14)12-9-5-7-10-6-3-4-8-11(10)12/h2-9H,1H3. The topological polar surface area (TPSA) is 26.3 Å². The van der Waals surface area contributed by atoms with Gasteiger partial charge in [0.05, 0.1) is 5.56 Å². The van der Waals surface area contributed by atoms with Crippen molar-refractivity contribution < 1.29 is 9.53 Å². The van der Waals surface area contributed by atoms with Crippen LogP contribution in [0.2, 0.25) is 0 Å². The maximum Gasteiger partial charge on any atom is 0.339 e. The molecule has 0 fully saturated rings. The van der Waals surface area contributed by atoms with E-state index in [4.69, 9.17) is 4.74 Å². The molecule has 1 radical (unpaired) electrons. The summed E-state index contributed by atoms with van der Waals surface area (Å²) in [7, 11) is 0. The van der Waals surface area contributed by atoms with E-state index in [9.17, 15) is 4.79 Å². The van der Waals surface area contributed by atoms with Crippen molar-refractivity contribution in [2.75, 3.05) is 0 Å². The van der Waals surface area contributed by atoms with Gasteiger partial charge in [0.1, 0.15) is 6.61 Å². The third-order valence-corrected chi connectivity index (χ3v) is 2.23. The SMILES string of the molecule is C[CH]OC(=O)c1cccc2ccccc12. The minimum Gasteiger partial charge on any atom is -0.455 e. The Morgan fingerprint density at radius 1 is 1.13 bits per heavy atom. The number of benzene rings is 2. The first-order chi connectivity index (χ1) is 7.33. The molecular weight excluding hydrogens is 188 g/mol. The summed E-state index contributed by atoms with van der Waals surface area (Å²) in [6.45, 7) is 3.08. The van der Waals surface area contributed by atoms with Crippen molar-refractivity contribution in [3.8, 4) is 0 Å². The first kappa shape index (κ1) is 9.71. The largest absolute Gasteiger partial charge is 0.455 e. The van der Waals surface area contributed by atoms with Gasteiger partial charge in [-0.2, -0.15) is 0 Å². The van der Waals surface area contributed by atoms with Gasteiger partial charge in [0.2, 0.25) is 0 Å². The Kier molecular flexibility index (Phi) is 2.68. The molecular formula is C13H11O2. The Morgan fingerprint density at radius 3 is 2.67 bits per heavy atom. The van der Waals surface area contributed by atoms with Gasteiger partial charge in [-0.1, -0.05) is 36.4 Å². The summed E-state index contributed by atoms with van der Waals surface area (Å²) in [4.78, 5) is 11.6. The molecule has 15 heavy (non-hydrogen) atoms. The fraction of sp³-hybridized carbons (Fsp3) is 0.0769. The van der Waals surface area contributed by atoms with Crippen LogP contribution in [0.5, 0.6) is 0 Å². The van der Waals surface area contributed by atoms with Crippen LogP contribution < -0.4 is 0 Å². The van der Waals surface area contributed by atoms with Crippen molar-refractivity contribution in [3.05, 3.63) is 54.6 Å². The summed E-state index contributed by atoms with van der Waals surface area (Å²) in [6.07, 6.45) is 0. The second-order valence-electron chi connectivity index (χ2n) is 3.17. The highest BCUT2D eigenvalue weighted by Gasteiger charge is 2.09. The van der Waals surface area contributed by atoms with E-state index in [0.717, 1.165) is 10.8 Å². The molecule has 0 atom stereocenters. The molecule has 0 aliphatic carbocycles. The second-order valence-corrected chi connectivity index (χ2v) is 3.17. The van der Waals surface area contributed by atoms with Gasteiger partial charge >= 0.3 is 5.97 Å². The number of carbonyl (C=O) groups excluding carboxylic acids is 1. The first-order valence-electron chi connectivity index (χ1n) is 4.79. The van der Waals surface area contributed by atoms with Crippen molar-refractivity contribution in [1.29, 1.82) is 0 Å². The molecule has 0 saturated carbocycles. The Labute approximate surface area is 88.5 Å². The predicted octanol–water partition coefficient (Wildman–Crippen LogP) is 3.18. The molecule has 0 N–H and O–H groups in total. The lowest BCUT2D eigenvalue weighted by molar-refractivity contribution is 0.0615. The van der Waals surface area contributed by atoms with Gasteiger partial charge in [0.15, 0.2) is 0 Å². The van der Waals surface area contributed by atoms with Crippen LogP contribution in [0.15, 0.2) is 42.5 Å². The van der Waals surface area contributed by atoms with Crippen LogP contribution >= 0.6 is 0 Å². The zero-order chi connectivity index (χ0) is 10.7. The molecule has 0 saturated heterocycles. The lowest BCUT2D eigenvalue weighted by Gasteiger charge is -2.04. The summed E-state index contributed by atoms with van der Waals surface area (Å²) in [6, 6.07) is 13.4. The van der Waals surface area contributed by atoms with Crippen LogP contribution in [0, 0.1) is 6.61 Å². The number of ether oxygens (including phenoxy) is 1. The summed E-state index contributed by atoms with van der Waals surface area (Å²) in [5.74, 6) is -0.311. The summed E-state index contributed by atoms with van der Waals surface area (Å²) >= 11 is 0. The maximum absolute atomic E-state index is 11.6. The third kappa shape index (κ3) is 1.84. The van der Waals surface area contributed by atoms with Crippen LogP contribution in [-0.4, -0.2) is 5.97 Å². The molecule has 0 heterocycles. The molecule has 2 aromatic carbocycles. The van der Waals surface area contributed by atoms with Crippen molar-refractivity contribution in [2.45, 2.75) is 6.92 Å². The van der Waals surface area contributed by atoms with E-state index in [2.05, 4.69) is 0 Å². The number of fused-ring (bicyclic) bond motifs is 1. The quantitative estimate of drug-likeness (QED) is 0.694. The minimum absolute atomic E-state index is 0.311. The number of hydrogen-bond acceptors (Lipinski definition) is 2. The van der Waals surface area contributed by atoms with Crippen LogP contribution in [0.3, 0.4) is 0 Å². The highest BCUT2D eigenvalue weighted by Crippen LogP contribution is 2.19. The molecule has 0 bridgehead atoms. The van der Waals surface area contributed by atoms with Gasteiger partial charge in [-0.15, -0.1) is 0 Å². The van der Waals surface area contributed by atoms with E-state index in [1.807, 2.05) is 36.4 Å². The van der Waals surface area contributed by atoms with Gasteiger partial charge in [-0.3, -0.25) is 0 Å². The molecule has 0 unspecified atom stereocenters. The maximum atomic E-state index is 11.6. The highest BCUT2D eigenvalue weighted by molar-refractivity contribution is 6.04. The Hall–Kier alpha value is -1.83. The summed E-state index contributed by atoms with van der Waals surface area (Å²) < 4.78 is 4.87. The number of esters is 1. The Bertz CT molecular complexity index is 483. The van der Waals surface area contributed by atoms with E-state index in [0.29, 0.717) is 5.56 Å². The zero-order valence-electron chi connectivity index (χ0n) is 8.44. The number of carbonyl (C=O) groups is 1. The molecule has 0 aromatic heterocycles. The van der Waals surface area contributed by atoms with E-state index in [1.165, 1.54) is 6.61 Å². The average Bonchev–Trinajstić information content (AvgIpc) is 2.28. The van der Waals surface area contributed by atoms with E-state index in [1.54, 1.807) is 13.0 Å². The first-order valence-corrected chi connectivity index (χ1v) is 4.79. The van der Waals surface area contributed by atoms with Crippen molar-refractivity contribution in [3.63, 3.8) is 0 Å². The normalized spacial score (nSPS) is 10.2. The highest BCUT2D eigenvalue weighted by atomic mass is 16.5. The predicted molar refractivity (Wildman–Crippen MR) is 59.3 cm³/mol. The zero-order valence-corrected chi connectivity index (χ0v) is 8.44. The molecule has 0 aliphatic rings. The molecule has 75 valence electrons. The van der Waals surface area contributed by atoms with Crippen LogP contribution in [0.4, 0.5) is 0 Å². The Balaban J connectivity index is 2.56. The van der Waals surface area contributed by atoms with Crippen LogP contribution in [-0.2, 0) is 4.74 Å². The molecule has 2 nitrogen and oxygen atoms in total. The van der Waals surface area contributed by atoms with E-state index in [-0.39, 0.29) is 5.97 Å². The lowest BCUT2D eigenvalue weighted by Crippen LogP contribution is -2.02. The van der Waals surface area contributed by atoms with Gasteiger partial charge in [0, 0.05) is 0 Å². The fourth-order valence-electron chi connectivity index (χ4n) is 1.57. The minimum atomic E-state index is -0.311. The second kappa shape index (κ2) is 4.13. The molecule has 2 aromatic rings. The van der Waals surface area contributed by atoms with Crippen molar-refractivity contribution in [1.82, 2.24) is 0 Å². The van der Waals surface area contributed by atoms with Gasteiger partial charge in [-0.05, 0) is 23.8 Å². The van der Waals surface area contributed by atoms with E-state index >= 15 is 0 Å². The number of rotatable bonds is 2. The Morgan fingerprint density at radius 2 is 1.87 bits per heavy atom. The monoisotopic (exact) mass is 199 g/mol. The van der Waals surface area contributed by atoms with Crippen LogP contribution in [0.1, 0.15) is 17.3 Å².